The number of hydrogen-bond donors (Lipinski definition) is 1. The van der Waals surface area contributed by atoms with Crippen LogP contribution in [0.4, 0.5) is 0 Å². The molecule has 1 aliphatic rings. The second-order valence-corrected chi connectivity index (χ2v) is 4.80. The predicted octanol–water partition coefficient (Wildman–Crippen LogP) is 2.97. The highest BCUT2D eigenvalue weighted by atomic mass is 16.5. The number of para-hydroxylation sites is 1. The van der Waals surface area contributed by atoms with Gasteiger partial charge >= 0.3 is 0 Å². The van der Waals surface area contributed by atoms with E-state index in [0.717, 1.165) is 18.2 Å². The molecule has 0 amide bonds. The first kappa shape index (κ1) is 11.5. The Balaban J connectivity index is 2.02. The highest BCUT2D eigenvalue weighted by molar-refractivity contribution is 5.33. The van der Waals surface area contributed by atoms with E-state index in [1.165, 1.54) is 24.8 Å². The Hall–Kier alpha value is -1.02. The summed E-state index contributed by atoms with van der Waals surface area (Å²) in [6.45, 7) is 3.18. The van der Waals surface area contributed by atoms with E-state index in [1.807, 2.05) is 13.1 Å². The lowest BCUT2D eigenvalue weighted by atomic mass is 10.1. The van der Waals surface area contributed by atoms with Crippen molar-refractivity contribution in [1.29, 1.82) is 0 Å². The molecular weight excluding hydrogens is 198 g/mol. The smallest absolute Gasteiger partial charge is 0.124 e. The molecule has 0 aliphatic heterocycles. The maximum Gasteiger partial charge on any atom is 0.124 e. The highest BCUT2D eigenvalue weighted by Gasteiger charge is 2.23. The number of nitrogens with one attached hydrogen (secondary N) is 1. The van der Waals surface area contributed by atoms with Crippen LogP contribution < -0.4 is 10.1 Å². The Morgan fingerprint density at radius 2 is 2.12 bits per heavy atom. The van der Waals surface area contributed by atoms with Gasteiger partial charge in [-0.05, 0) is 38.3 Å². The largest absolute Gasteiger partial charge is 0.490 e. The molecule has 0 radical (unpaired) electrons. The molecule has 2 heteroatoms. The maximum atomic E-state index is 6.09. The zero-order chi connectivity index (χ0) is 11.4. The minimum atomic E-state index is 0.424. The molecule has 2 nitrogen and oxygen atoms in total. The summed E-state index contributed by atoms with van der Waals surface area (Å²) in [7, 11) is 1.97. The van der Waals surface area contributed by atoms with Gasteiger partial charge in [0.05, 0.1) is 6.10 Å². The van der Waals surface area contributed by atoms with Gasteiger partial charge in [0.2, 0.25) is 0 Å². The summed E-state index contributed by atoms with van der Waals surface area (Å²) < 4.78 is 6.09. The molecule has 2 atom stereocenters. The second kappa shape index (κ2) is 5.35. The van der Waals surface area contributed by atoms with Crippen molar-refractivity contribution in [3.63, 3.8) is 0 Å². The van der Waals surface area contributed by atoms with Crippen LogP contribution in [0.3, 0.4) is 0 Å². The Kier molecular flexibility index (Phi) is 3.83. The molecular formula is C14H21NO. The maximum absolute atomic E-state index is 6.09. The molecule has 1 aliphatic carbocycles. The van der Waals surface area contributed by atoms with Crippen molar-refractivity contribution < 1.29 is 4.74 Å². The topological polar surface area (TPSA) is 21.3 Å². The summed E-state index contributed by atoms with van der Waals surface area (Å²) in [5.74, 6) is 1.87. The van der Waals surface area contributed by atoms with Crippen LogP contribution in [0, 0.1) is 5.92 Å². The summed E-state index contributed by atoms with van der Waals surface area (Å²) >= 11 is 0. The molecule has 1 fully saturated rings. The van der Waals surface area contributed by atoms with Gasteiger partial charge in [0.25, 0.3) is 0 Å². The fraction of sp³-hybridized carbons (Fsp3) is 0.571. The highest BCUT2D eigenvalue weighted by Crippen LogP contribution is 2.30. The minimum Gasteiger partial charge on any atom is -0.490 e. The van der Waals surface area contributed by atoms with Crippen LogP contribution in [-0.4, -0.2) is 13.2 Å². The molecule has 0 bridgehead atoms. The number of ether oxygens (including phenoxy) is 1. The number of rotatable bonds is 4. The molecule has 2 unspecified atom stereocenters. The van der Waals surface area contributed by atoms with Gasteiger partial charge in [0, 0.05) is 12.1 Å². The van der Waals surface area contributed by atoms with Crippen molar-refractivity contribution in [3.8, 4) is 5.75 Å². The van der Waals surface area contributed by atoms with Crippen LogP contribution in [0.5, 0.6) is 5.75 Å². The summed E-state index contributed by atoms with van der Waals surface area (Å²) in [5, 5.41) is 3.18. The molecule has 1 saturated carbocycles. The lowest BCUT2D eigenvalue weighted by Gasteiger charge is -2.16. The van der Waals surface area contributed by atoms with Crippen molar-refractivity contribution in [2.45, 2.75) is 38.8 Å². The number of benzene rings is 1. The molecule has 0 aromatic heterocycles. The van der Waals surface area contributed by atoms with Crippen molar-refractivity contribution >= 4 is 0 Å². The van der Waals surface area contributed by atoms with E-state index >= 15 is 0 Å². The zero-order valence-corrected chi connectivity index (χ0v) is 10.2. The third-order valence-corrected chi connectivity index (χ3v) is 3.28. The van der Waals surface area contributed by atoms with Gasteiger partial charge in [-0.1, -0.05) is 25.1 Å². The lowest BCUT2D eigenvalue weighted by Crippen LogP contribution is -2.14. The van der Waals surface area contributed by atoms with E-state index in [9.17, 15) is 0 Å². The van der Waals surface area contributed by atoms with E-state index in [-0.39, 0.29) is 0 Å². The molecule has 0 heterocycles. The quantitative estimate of drug-likeness (QED) is 0.840. The monoisotopic (exact) mass is 219 g/mol. The molecule has 0 saturated heterocycles. The molecule has 2 rings (SSSR count). The number of hydrogen-bond acceptors (Lipinski definition) is 2. The Bertz CT molecular complexity index is 337. The average Bonchev–Trinajstić information content (AvgIpc) is 2.67. The van der Waals surface area contributed by atoms with Crippen LogP contribution >= 0.6 is 0 Å². The van der Waals surface area contributed by atoms with E-state index in [0.29, 0.717) is 6.10 Å². The second-order valence-electron chi connectivity index (χ2n) is 4.80. The first-order chi connectivity index (χ1) is 7.79. The zero-order valence-electron chi connectivity index (χ0n) is 10.2. The van der Waals surface area contributed by atoms with E-state index in [4.69, 9.17) is 4.74 Å². The molecule has 1 aromatic rings. The lowest BCUT2D eigenvalue weighted by molar-refractivity contribution is 0.203. The SMILES string of the molecule is CNCc1ccccc1OC1CCC(C)C1. The summed E-state index contributed by atoms with van der Waals surface area (Å²) in [4.78, 5) is 0. The van der Waals surface area contributed by atoms with Gasteiger partial charge in [-0.15, -0.1) is 0 Å². The van der Waals surface area contributed by atoms with Crippen molar-refractivity contribution in [2.75, 3.05) is 7.05 Å². The van der Waals surface area contributed by atoms with Crippen LogP contribution in [0.25, 0.3) is 0 Å². The molecule has 88 valence electrons. The van der Waals surface area contributed by atoms with Crippen molar-refractivity contribution in [1.82, 2.24) is 5.32 Å². The molecule has 0 spiro atoms. The first-order valence-corrected chi connectivity index (χ1v) is 6.18. The molecule has 1 aromatic carbocycles. The third-order valence-electron chi connectivity index (χ3n) is 3.28. The van der Waals surface area contributed by atoms with E-state index in [2.05, 4.69) is 30.4 Å². The summed E-state index contributed by atoms with van der Waals surface area (Å²) in [6, 6.07) is 8.32. The van der Waals surface area contributed by atoms with Gasteiger partial charge < -0.3 is 10.1 Å². The standard InChI is InChI=1S/C14H21NO/c1-11-7-8-13(9-11)16-14-6-4-3-5-12(14)10-15-2/h3-6,11,13,15H,7-10H2,1-2H3. The Morgan fingerprint density at radius 1 is 1.31 bits per heavy atom. The normalized spacial score (nSPS) is 24.6. The van der Waals surface area contributed by atoms with E-state index < -0.39 is 0 Å². The fourth-order valence-corrected chi connectivity index (χ4v) is 2.40. The summed E-state index contributed by atoms with van der Waals surface area (Å²) in [6.07, 6.45) is 4.13. The van der Waals surface area contributed by atoms with Crippen molar-refractivity contribution in [2.24, 2.45) is 5.92 Å². The average molecular weight is 219 g/mol. The third kappa shape index (κ3) is 2.76. The first-order valence-electron chi connectivity index (χ1n) is 6.18. The fourth-order valence-electron chi connectivity index (χ4n) is 2.40. The minimum absolute atomic E-state index is 0.424. The van der Waals surface area contributed by atoms with Gasteiger partial charge in [-0.3, -0.25) is 0 Å². The van der Waals surface area contributed by atoms with Gasteiger partial charge in [0.15, 0.2) is 0 Å². The van der Waals surface area contributed by atoms with Crippen molar-refractivity contribution in [3.05, 3.63) is 29.8 Å². The van der Waals surface area contributed by atoms with Crippen LogP contribution in [0.15, 0.2) is 24.3 Å². The van der Waals surface area contributed by atoms with Gasteiger partial charge in [-0.2, -0.15) is 0 Å². The van der Waals surface area contributed by atoms with Crippen LogP contribution in [-0.2, 0) is 6.54 Å². The summed E-state index contributed by atoms with van der Waals surface area (Å²) in [5.41, 5.74) is 1.25. The Labute approximate surface area is 98.0 Å². The predicted molar refractivity (Wildman–Crippen MR) is 66.6 cm³/mol. The van der Waals surface area contributed by atoms with Crippen LogP contribution in [0.1, 0.15) is 31.7 Å². The molecule has 16 heavy (non-hydrogen) atoms. The molecule has 1 N–H and O–H groups in total. The Morgan fingerprint density at radius 3 is 2.81 bits per heavy atom. The van der Waals surface area contributed by atoms with E-state index in [1.54, 1.807) is 0 Å². The van der Waals surface area contributed by atoms with Crippen LogP contribution in [0.2, 0.25) is 0 Å². The van der Waals surface area contributed by atoms with Gasteiger partial charge in [-0.25, -0.2) is 0 Å². The van der Waals surface area contributed by atoms with Gasteiger partial charge in [0.1, 0.15) is 5.75 Å².